The first-order valence-corrected chi connectivity index (χ1v) is 5.40. The lowest BCUT2D eigenvalue weighted by Crippen LogP contribution is -2.48. The third-order valence-corrected chi connectivity index (χ3v) is 3.26. The Kier molecular flexibility index (Phi) is 3.53. The normalized spacial score (nSPS) is 11.6. The molecule has 0 heterocycles. The molecule has 0 unspecified atom stereocenters. The van der Waals surface area contributed by atoms with Crippen LogP contribution in [0.3, 0.4) is 0 Å². The van der Waals surface area contributed by atoms with E-state index in [-0.39, 0.29) is 0 Å². The molecule has 0 radical (unpaired) electrons. The molecule has 1 rings (SSSR count). The Labute approximate surface area is 86.9 Å². The monoisotopic (exact) mass is 193 g/mol. The molecular formula is C12H21N2+. The standard InChI is InChI=1S/C12H21N2/c1-4-14(5-2,6-3)12-9-7-11(13)8-10-12/h7-10H,4-6,13H2,1-3H3/q+1. The van der Waals surface area contributed by atoms with E-state index < -0.39 is 0 Å². The molecule has 2 heteroatoms. The largest absolute Gasteiger partial charge is 0.399 e. The first-order valence-electron chi connectivity index (χ1n) is 5.40. The topological polar surface area (TPSA) is 26.0 Å². The lowest BCUT2D eigenvalue weighted by Gasteiger charge is -2.35. The van der Waals surface area contributed by atoms with Gasteiger partial charge in [-0.25, -0.2) is 0 Å². The number of quaternary nitrogens is 1. The van der Waals surface area contributed by atoms with Gasteiger partial charge in [-0.2, -0.15) is 0 Å². The molecule has 78 valence electrons. The summed E-state index contributed by atoms with van der Waals surface area (Å²) in [5.74, 6) is 0. The SMILES string of the molecule is CC[N+](CC)(CC)c1ccc(N)cc1. The van der Waals surface area contributed by atoms with Gasteiger partial charge in [0.05, 0.1) is 19.6 Å². The van der Waals surface area contributed by atoms with Crippen molar-refractivity contribution in [3.63, 3.8) is 0 Å². The van der Waals surface area contributed by atoms with Gasteiger partial charge in [-0.15, -0.1) is 0 Å². The highest BCUT2D eigenvalue weighted by atomic mass is 15.3. The van der Waals surface area contributed by atoms with Gasteiger partial charge in [-0.1, -0.05) is 0 Å². The van der Waals surface area contributed by atoms with Crippen molar-refractivity contribution in [3.05, 3.63) is 24.3 Å². The van der Waals surface area contributed by atoms with E-state index in [0.29, 0.717) is 0 Å². The number of benzene rings is 1. The molecule has 0 amide bonds. The van der Waals surface area contributed by atoms with Crippen LogP contribution in [0.4, 0.5) is 11.4 Å². The lowest BCUT2D eigenvalue weighted by molar-refractivity contribution is 0.316. The van der Waals surface area contributed by atoms with Gasteiger partial charge in [0.1, 0.15) is 5.69 Å². The van der Waals surface area contributed by atoms with Gasteiger partial charge in [0.2, 0.25) is 0 Å². The van der Waals surface area contributed by atoms with Crippen LogP contribution in [0.1, 0.15) is 20.8 Å². The quantitative estimate of drug-likeness (QED) is 0.577. The second kappa shape index (κ2) is 4.47. The number of nitrogens with two attached hydrogens (primary N) is 1. The minimum atomic E-state index is 0.843. The summed E-state index contributed by atoms with van der Waals surface area (Å²) in [6.45, 7) is 10.1. The molecular weight excluding hydrogens is 172 g/mol. The number of hydrogen-bond acceptors (Lipinski definition) is 1. The van der Waals surface area contributed by atoms with E-state index >= 15 is 0 Å². The predicted octanol–water partition coefficient (Wildman–Crippen LogP) is 2.64. The van der Waals surface area contributed by atoms with Crippen molar-refractivity contribution in [3.8, 4) is 0 Å². The lowest BCUT2D eigenvalue weighted by atomic mass is 10.2. The molecule has 0 aliphatic carbocycles. The van der Waals surface area contributed by atoms with Crippen molar-refractivity contribution in [2.24, 2.45) is 0 Å². The van der Waals surface area contributed by atoms with Crippen LogP contribution in [0.15, 0.2) is 24.3 Å². The zero-order chi connectivity index (χ0) is 10.6. The molecule has 1 aromatic rings. The molecule has 0 aliphatic rings. The van der Waals surface area contributed by atoms with E-state index in [1.165, 1.54) is 5.69 Å². The molecule has 0 bridgehead atoms. The van der Waals surface area contributed by atoms with E-state index in [1.54, 1.807) is 0 Å². The second-order valence-electron chi connectivity index (χ2n) is 3.69. The maximum atomic E-state index is 5.69. The van der Waals surface area contributed by atoms with Gasteiger partial charge in [0, 0.05) is 17.8 Å². The summed E-state index contributed by atoms with van der Waals surface area (Å²) in [7, 11) is 0. The third kappa shape index (κ3) is 1.90. The number of nitrogens with zero attached hydrogens (tertiary/aromatic N) is 1. The van der Waals surface area contributed by atoms with E-state index in [0.717, 1.165) is 29.8 Å². The Morgan fingerprint density at radius 3 is 1.71 bits per heavy atom. The van der Waals surface area contributed by atoms with Gasteiger partial charge in [-0.3, -0.25) is 4.48 Å². The van der Waals surface area contributed by atoms with Crippen LogP contribution in [0, 0.1) is 0 Å². The van der Waals surface area contributed by atoms with Crippen LogP contribution in [-0.4, -0.2) is 19.6 Å². The summed E-state index contributed by atoms with van der Waals surface area (Å²) >= 11 is 0. The van der Waals surface area contributed by atoms with E-state index in [1.807, 2.05) is 12.1 Å². The molecule has 1 aromatic carbocycles. The van der Waals surface area contributed by atoms with Gasteiger partial charge in [0.25, 0.3) is 0 Å². The Balaban J connectivity index is 3.05. The van der Waals surface area contributed by atoms with Gasteiger partial charge >= 0.3 is 0 Å². The highest BCUT2D eigenvalue weighted by Crippen LogP contribution is 2.23. The summed E-state index contributed by atoms with van der Waals surface area (Å²) in [5.41, 5.74) is 7.90. The fourth-order valence-electron chi connectivity index (χ4n) is 2.01. The number of anilines is 1. The molecule has 14 heavy (non-hydrogen) atoms. The molecule has 0 aliphatic heterocycles. The van der Waals surface area contributed by atoms with Crippen LogP contribution >= 0.6 is 0 Å². The summed E-state index contributed by atoms with van der Waals surface area (Å²) in [6, 6.07) is 8.27. The fourth-order valence-corrected chi connectivity index (χ4v) is 2.01. The van der Waals surface area contributed by atoms with E-state index in [4.69, 9.17) is 5.73 Å². The molecule has 0 spiro atoms. The Bertz CT molecular complexity index is 265. The van der Waals surface area contributed by atoms with Crippen LogP contribution in [0.25, 0.3) is 0 Å². The van der Waals surface area contributed by atoms with Crippen molar-refractivity contribution in [2.45, 2.75) is 20.8 Å². The highest BCUT2D eigenvalue weighted by Gasteiger charge is 2.23. The summed E-state index contributed by atoms with van der Waals surface area (Å²) in [6.07, 6.45) is 0. The van der Waals surface area contributed by atoms with Crippen LogP contribution in [0.2, 0.25) is 0 Å². The molecule has 2 nitrogen and oxygen atoms in total. The van der Waals surface area contributed by atoms with E-state index in [9.17, 15) is 0 Å². The summed E-state index contributed by atoms with van der Waals surface area (Å²) in [5, 5.41) is 0. The number of rotatable bonds is 4. The predicted molar refractivity (Wildman–Crippen MR) is 64.3 cm³/mol. The van der Waals surface area contributed by atoms with Crippen molar-refractivity contribution in [1.82, 2.24) is 4.48 Å². The van der Waals surface area contributed by atoms with Crippen LogP contribution in [-0.2, 0) is 0 Å². The molecule has 2 N–H and O–H groups in total. The Morgan fingerprint density at radius 1 is 0.929 bits per heavy atom. The maximum absolute atomic E-state index is 5.69. The number of hydrogen-bond donors (Lipinski definition) is 1. The minimum Gasteiger partial charge on any atom is -0.399 e. The van der Waals surface area contributed by atoms with Crippen molar-refractivity contribution >= 4 is 11.4 Å². The molecule has 0 saturated heterocycles. The smallest absolute Gasteiger partial charge is 0.132 e. The molecule has 0 saturated carbocycles. The second-order valence-corrected chi connectivity index (χ2v) is 3.69. The van der Waals surface area contributed by atoms with E-state index in [2.05, 4.69) is 32.9 Å². The average Bonchev–Trinajstić information content (AvgIpc) is 2.24. The van der Waals surface area contributed by atoms with Gasteiger partial charge in [0.15, 0.2) is 0 Å². The van der Waals surface area contributed by atoms with Gasteiger partial charge < -0.3 is 5.73 Å². The first kappa shape index (κ1) is 11.1. The zero-order valence-electron chi connectivity index (χ0n) is 9.46. The van der Waals surface area contributed by atoms with Crippen molar-refractivity contribution < 1.29 is 0 Å². The third-order valence-electron chi connectivity index (χ3n) is 3.26. The van der Waals surface area contributed by atoms with Crippen molar-refractivity contribution in [1.29, 1.82) is 0 Å². The molecule has 0 fully saturated rings. The van der Waals surface area contributed by atoms with Crippen molar-refractivity contribution in [2.75, 3.05) is 25.4 Å². The molecule has 0 aromatic heterocycles. The Hall–Kier alpha value is -1.02. The minimum absolute atomic E-state index is 0.843. The Morgan fingerprint density at radius 2 is 1.36 bits per heavy atom. The highest BCUT2D eigenvalue weighted by molar-refractivity contribution is 5.50. The summed E-state index contributed by atoms with van der Waals surface area (Å²) in [4.78, 5) is 0. The zero-order valence-corrected chi connectivity index (χ0v) is 9.46. The number of nitrogen functional groups attached to an aromatic ring is 1. The fraction of sp³-hybridized carbons (Fsp3) is 0.500. The van der Waals surface area contributed by atoms with Gasteiger partial charge in [-0.05, 0) is 32.9 Å². The van der Waals surface area contributed by atoms with Crippen LogP contribution in [0.5, 0.6) is 0 Å². The summed E-state index contributed by atoms with van der Waals surface area (Å²) < 4.78 is 1.04. The first-order chi connectivity index (χ1) is 6.68. The average molecular weight is 193 g/mol. The van der Waals surface area contributed by atoms with Crippen LogP contribution < -0.4 is 10.2 Å². The maximum Gasteiger partial charge on any atom is 0.132 e. The molecule has 0 atom stereocenters.